The van der Waals surface area contributed by atoms with E-state index in [-0.39, 0.29) is 17.5 Å². The fourth-order valence-corrected chi connectivity index (χ4v) is 3.34. The van der Waals surface area contributed by atoms with Gasteiger partial charge in [-0.2, -0.15) is 5.10 Å². The summed E-state index contributed by atoms with van der Waals surface area (Å²) in [7, 11) is 0. The van der Waals surface area contributed by atoms with Crippen molar-refractivity contribution in [3.63, 3.8) is 0 Å². The zero-order valence-electron chi connectivity index (χ0n) is 15.2. The lowest BCUT2D eigenvalue weighted by molar-refractivity contribution is -0.110. The molecule has 0 saturated carbocycles. The highest BCUT2D eigenvalue weighted by Crippen LogP contribution is 2.32. The number of halogens is 1. The largest absolute Gasteiger partial charge is 0.320 e. The molecule has 2 amide bonds. The topological polar surface area (TPSA) is 70.6 Å². The fourth-order valence-electron chi connectivity index (χ4n) is 3.10. The van der Waals surface area contributed by atoms with Crippen LogP contribution in [0.5, 0.6) is 0 Å². The summed E-state index contributed by atoms with van der Waals surface area (Å²) >= 11 is 6.26. The van der Waals surface area contributed by atoms with Crippen LogP contribution < -0.4 is 10.7 Å². The van der Waals surface area contributed by atoms with E-state index in [2.05, 4.69) is 22.8 Å². The van der Waals surface area contributed by atoms with Crippen LogP contribution in [0, 0.1) is 0 Å². The first kappa shape index (κ1) is 19.1. The van der Waals surface area contributed by atoms with Crippen molar-refractivity contribution in [2.75, 3.05) is 5.32 Å². The molecule has 0 spiro atoms. The Morgan fingerprint density at radius 1 is 1.15 bits per heavy atom. The van der Waals surface area contributed by atoms with Crippen LogP contribution in [0.1, 0.15) is 54.1 Å². The number of amides is 2. The zero-order chi connectivity index (χ0) is 19.2. The van der Waals surface area contributed by atoms with Crippen molar-refractivity contribution in [1.29, 1.82) is 0 Å². The Morgan fingerprint density at radius 2 is 1.93 bits per heavy atom. The van der Waals surface area contributed by atoms with Crippen molar-refractivity contribution >= 4 is 34.8 Å². The lowest BCUT2D eigenvalue weighted by Crippen LogP contribution is -2.23. The van der Waals surface area contributed by atoms with Gasteiger partial charge in [-0.15, -0.1) is 0 Å². The van der Waals surface area contributed by atoms with Gasteiger partial charge in [-0.25, -0.2) is 5.43 Å². The Balaban J connectivity index is 1.81. The Labute approximate surface area is 163 Å². The highest BCUT2D eigenvalue weighted by Gasteiger charge is 2.29. The highest BCUT2D eigenvalue weighted by molar-refractivity contribution is 6.54. The molecule has 0 aliphatic carbocycles. The molecule has 0 fully saturated rings. The van der Waals surface area contributed by atoms with Crippen LogP contribution in [0.2, 0.25) is 5.02 Å². The number of hydrazone groups is 1. The van der Waals surface area contributed by atoms with Crippen LogP contribution in [0.3, 0.4) is 0 Å². The maximum absolute atomic E-state index is 12.4. The van der Waals surface area contributed by atoms with Gasteiger partial charge in [0.15, 0.2) is 5.71 Å². The molecule has 2 N–H and O–H groups in total. The van der Waals surface area contributed by atoms with E-state index in [0.717, 1.165) is 30.5 Å². The number of anilines is 1. The van der Waals surface area contributed by atoms with E-state index in [0.29, 0.717) is 16.1 Å². The predicted molar refractivity (Wildman–Crippen MR) is 108 cm³/mol. The minimum atomic E-state index is -0.369. The first-order valence-electron chi connectivity index (χ1n) is 9.17. The average molecular weight is 384 g/mol. The van der Waals surface area contributed by atoms with Gasteiger partial charge >= 0.3 is 0 Å². The number of fused-ring (bicyclic) bond motifs is 1. The van der Waals surface area contributed by atoms with Crippen molar-refractivity contribution in [2.45, 2.75) is 39.0 Å². The summed E-state index contributed by atoms with van der Waals surface area (Å²) in [6, 6.07) is 12.3. The van der Waals surface area contributed by atoms with Gasteiger partial charge in [-0.1, -0.05) is 56.0 Å². The Kier molecular flexibility index (Phi) is 6.24. The number of rotatable bonds is 7. The second-order valence-electron chi connectivity index (χ2n) is 6.52. The van der Waals surface area contributed by atoms with E-state index in [1.807, 2.05) is 12.1 Å². The number of nitrogens with one attached hydrogen (secondary N) is 2. The number of carbonyl (C=O) groups excluding carboxylic acids is 2. The first-order valence-corrected chi connectivity index (χ1v) is 9.55. The summed E-state index contributed by atoms with van der Waals surface area (Å²) in [4.78, 5) is 24.6. The fraction of sp³-hybridized carbons (Fsp3) is 0.286. The SMILES string of the molecule is CCCCCCc1cc(Cl)cc2c1NC(=O)/C2=N\NC(=O)c1ccccc1. The molecule has 0 bridgehead atoms. The van der Waals surface area contributed by atoms with Crippen molar-refractivity contribution in [2.24, 2.45) is 5.10 Å². The number of carbonyl (C=O) groups is 2. The molecule has 27 heavy (non-hydrogen) atoms. The van der Waals surface area contributed by atoms with Crippen LogP contribution in [0.15, 0.2) is 47.6 Å². The zero-order valence-corrected chi connectivity index (χ0v) is 16.0. The molecule has 0 unspecified atom stereocenters. The summed E-state index contributed by atoms with van der Waals surface area (Å²) in [5.74, 6) is -0.707. The molecule has 3 rings (SSSR count). The van der Waals surface area contributed by atoms with Gasteiger partial charge in [0.05, 0.1) is 5.69 Å². The molecular weight excluding hydrogens is 362 g/mol. The smallest absolute Gasteiger partial charge is 0.276 e. The molecule has 0 saturated heterocycles. The second kappa shape index (κ2) is 8.82. The molecule has 0 radical (unpaired) electrons. The number of aryl methyl sites for hydroxylation is 1. The third kappa shape index (κ3) is 4.55. The van der Waals surface area contributed by atoms with Crippen molar-refractivity contribution in [3.05, 3.63) is 64.2 Å². The van der Waals surface area contributed by atoms with Crippen LogP contribution in [-0.4, -0.2) is 17.5 Å². The summed E-state index contributed by atoms with van der Waals surface area (Å²) in [6.45, 7) is 2.17. The maximum Gasteiger partial charge on any atom is 0.276 e. The maximum atomic E-state index is 12.4. The monoisotopic (exact) mass is 383 g/mol. The third-order valence-electron chi connectivity index (χ3n) is 4.50. The molecule has 6 heteroatoms. The molecule has 140 valence electrons. The van der Waals surface area contributed by atoms with Gasteiger partial charge in [-0.05, 0) is 42.7 Å². The van der Waals surface area contributed by atoms with E-state index in [4.69, 9.17) is 11.6 Å². The molecule has 2 aromatic carbocycles. The second-order valence-corrected chi connectivity index (χ2v) is 6.96. The van der Waals surface area contributed by atoms with Gasteiger partial charge in [-0.3, -0.25) is 9.59 Å². The van der Waals surface area contributed by atoms with E-state index in [9.17, 15) is 9.59 Å². The van der Waals surface area contributed by atoms with E-state index >= 15 is 0 Å². The average Bonchev–Trinajstić information content (AvgIpc) is 2.99. The van der Waals surface area contributed by atoms with Crippen LogP contribution in [0.4, 0.5) is 5.69 Å². The number of hydrogen-bond acceptors (Lipinski definition) is 3. The van der Waals surface area contributed by atoms with Crippen molar-refractivity contribution in [3.8, 4) is 0 Å². The lowest BCUT2D eigenvalue weighted by Gasteiger charge is -2.08. The number of benzene rings is 2. The van der Waals surface area contributed by atoms with Gasteiger partial charge in [0.1, 0.15) is 0 Å². The summed E-state index contributed by atoms with van der Waals surface area (Å²) < 4.78 is 0. The standard InChI is InChI=1S/C21H22ClN3O2/c1-2-3-4-6-11-15-12-16(22)13-17-18(15)23-21(27)19(17)24-25-20(26)14-9-7-5-8-10-14/h5,7-10,12-13H,2-4,6,11H2,1H3,(H,25,26)(H,23,24,27). The molecule has 1 aliphatic rings. The van der Waals surface area contributed by atoms with E-state index in [1.165, 1.54) is 12.8 Å². The lowest BCUT2D eigenvalue weighted by atomic mass is 10.0. The Hall–Kier alpha value is -2.66. The van der Waals surface area contributed by atoms with Crippen LogP contribution >= 0.6 is 11.6 Å². The minimum Gasteiger partial charge on any atom is -0.320 e. The molecule has 2 aromatic rings. The molecule has 0 atom stereocenters. The van der Waals surface area contributed by atoms with Crippen LogP contribution in [-0.2, 0) is 11.2 Å². The van der Waals surface area contributed by atoms with Crippen LogP contribution in [0.25, 0.3) is 0 Å². The summed E-state index contributed by atoms with van der Waals surface area (Å²) in [6.07, 6.45) is 5.37. The van der Waals surface area contributed by atoms with E-state index in [1.54, 1.807) is 30.3 Å². The van der Waals surface area contributed by atoms with E-state index < -0.39 is 0 Å². The quantitative estimate of drug-likeness (QED) is 0.544. The molecule has 5 nitrogen and oxygen atoms in total. The Bertz CT molecular complexity index is 878. The predicted octanol–water partition coefficient (Wildman–Crippen LogP) is 4.55. The Morgan fingerprint density at radius 3 is 2.67 bits per heavy atom. The number of hydrogen-bond donors (Lipinski definition) is 2. The highest BCUT2D eigenvalue weighted by atomic mass is 35.5. The number of nitrogens with zero attached hydrogens (tertiary/aromatic N) is 1. The third-order valence-corrected chi connectivity index (χ3v) is 4.72. The summed E-state index contributed by atoms with van der Waals surface area (Å²) in [5.41, 5.74) is 5.48. The van der Waals surface area contributed by atoms with Crippen molar-refractivity contribution < 1.29 is 9.59 Å². The minimum absolute atomic E-state index is 0.173. The first-order chi connectivity index (χ1) is 13.1. The van der Waals surface area contributed by atoms with Gasteiger partial charge in [0.2, 0.25) is 0 Å². The van der Waals surface area contributed by atoms with Crippen molar-refractivity contribution in [1.82, 2.24) is 5.43 Å². The van der Waals surface area contributed by atoms with Gasteiger partial charge in [0.25, 0.3) is 11.8 Å². The molecule has 1 aliphatic heterocycles. The molecule has 0 aromatic heterocycles. The number of unbranched alkanes of at least 4 members (excludes halogenated alkanes) is 3. The summed E-state index contributed by atoms with van der Waals surface area (Å²) in [5, 5.41) is 7.48. The van der Waals surface area contributed by atoms with Gasteiger partial charge in [0, 0.05) is 16.1 Å². The molecule has 1 heterocycles. The molecular formula is C21H22ClN3O2. The normalized spacial score (nSPS) is 14.1. The van der Waals surface area contributed by atoms with Gasteiger partial charge < -0.3 is 5.32 Å².